The first-order valence-electron chi connectivity index (χ1n) is 10.7. The number of rotatable bonds is 6. The Bertz CT molecular complexity index is 1060. The summed E-state index contributed by atoms with van der Waals surface area (Å²) >= 11 is 0. The second-order valence-corrected chi connectivity index (χ2v) is 8.15. The maximum absolute atomic E-state index is 12.7. The highest BCUT2D eigenvalue weighted by atomic mass is 16.2. The SMILES string of the molecule is CN[C@H]1CCN(C(=O)c2ccc(Nc3nccc(-c4cnc(C)n4C(C)C)n3)cc2)C1. The number of carbonyl (C=O) groups is 1. The van der Waals surface area contributed by atoms with Crippen LogP contribution in [0.2, 0.25) is 0 Å². The maximum Gasteiger partial charge on any atom is 0.253 e. The van der Waals surface area contributed by atoms with Crippen LogP contribution in [0.1, 0.15) is 42.5 Å². The number of hydrogen-bond acceptors (Lipinski definition) is 6. The van der Waals surface area contributed by atoms with E-state index in [-0.39, 0.29) is 11.9 Å². The Morgan fingerprint density at radius 3 is 2.61 bits per heavy atom. The predicted molar refractivity (Wildman–Crippen MR) is 121 cm³/mol. The minimum atomic E-state index is 0.0693. The zero-order chi connectivity index (χ0) is 22.0. The average Bonchev–Trinajstić information content (AvgIpc) is 3.41. The van der Waals surface area contributed by atoms with Crippen molar-refractivity contribution >= 4 is 17.5 Å². The van der Waals surface area contributed by atoms with Gasteiger partial charge in [-0.05, 0) is 64.6 Å². The smallest absolute Gasteiger partial charge is 0.253 e. The monoisotopic (exact) mass is 419 g/mol. The van der Waals surface area contributed by atoms with E-state index in [1.165, 1.54) is 0 Å². The third kappa shape index (κ3) is 4.44. The van der Waals surface area contributed by atoms with E-state index < -0.39 is 0 Å². The number of hydrogen-bond donors (Lipinski definition) is 2. The van der Waals surface area contributed by atoms with Gasteiger partial charge in [-0.15, -0.1) is 0 Å². The second-order valence-electron chi connectivity index (χ2n) is 8.15. The molecule has 0 unspecified atom stereocenters. The Balaban J connectivity index is 1.48. The summed E-state index contributed by atoms with van der Waals surface area (Å²) in [4.78, 5) is 28.1. The third-order valence-electron chi connectivity index (χ3n) is 5.69. The summed E-state index contributed by atoms with van der Waals surface area (Å²) in [7, 11) is 1.94. The number of anilines is 2. The van der Waals surface area contributed by atoms with Gasteiger partial charge in [0.1, 0.15) is 5.82 Å². The number of carbonyl (C=O) groups excluding carboxylic acids is 1. The molecule has 162 valence electrons. The molecule has 1 aliphatic heterocycles. The zero-order valence-electron chi connectivity index (χ0n) is 18.5. The van der Waals surface area contributed by atoms with E-state index in [1.807, 2.05) is 55.4 Å². The summed E-state index contributed by atoms with van der Waals surface area (Å²) in [5.74, 6) is 1.53. The molecule has 1 fully saturated rings. The summed E-state index contributed by atoms with van der Waals surface area (Å²) in [6, 6.07) is 10.0. The molecule has 1 aliphatic rings. The van der Waals surface area contributed by atoms with Crippen LogP contribution < -0.4 is 10.6 Å². The fourth-order valence-electron chi connectivity index (χ4n) is 4.04. The summed E-state index contributed by atoms with van der Waals surface area (Å²) in [5, 5.41) is 6.48. The van der Waals surface area contributed by atoms with Crippen LogP contribution in [0, 0.1) is 6.92 Å². The van der Waals surface area contributed by atoms with Gasteiger partial charge in [0.2, 0.25) is 5.95 Å². The van der Waals surface area contributed by atoms with Crippen molar-refractivity contribution in [1.82, 2.24) is 29.7 Å². The van der Waals surface area contributed by atoms with Gasteiger partial charge in [-0.1, -0.05) is 0 Å². The normalized spacial score (nSPS) is 16.2. The lowest BCUT2D eigenvalue weighted by atomic mass is 10.2. The Hall–Kier alpha value is -3.26. The van der Waals surface area contributed by atoms with Crippen LogP contribution in [-0.4, -0.2) is 56.5 Å². The Kier molecular flexibility index (Phi) is 5.99. The van der Waals surface area contributed by atoms with E-state index >= 15 is 0 Å². The average molecular weight is 420 g/mol. The van der Waals surface area contributed by atoms with Gasteiger partial charge in [-0.25, -0.2) is 15.0 Å². The molecule has 1 aromatic carbocycles. The molecule has 3 aromatic rings. The molecular weight excluding hydrogens is 390 g/mol. The van der Waals surface area contributed by atoms with Gasteiger partial charge >= 0.3 is 0 Å². The minimum Gasteiger partial charge on any atom is -0.337 e. The van der Waals surface area contributed by atoms with Crippen LogP contribution in [0.15, 0.2) is 42.7 Å². The summed E-state index contributed by atoms with van der Waals surface area (Å²) in [5.41, 5.74) is 3.29. The number of likely N-dealkylation sites (tertiary alicyclic amines) is 1. The Morgan fingerprint density at radius 1 is 1.16 bits per heavy atom. The lowest BCUT2D eigenvalue weighted by molar-refractivity contribution is 0.0789. The van der Waals surface area contributed by atoms with Crippen LogP contribution in [0.5, 0.6) is 0 Å². The van der Waals surface area contributed by atoms with Crippen molar-refractivity contribution in [2.45, 2.75) is 39.3 Å². The highest BCUT2D eigenvalue weighted by Gasteiger charge is 2.25. The zero-order valence-corrected chi connectivity index (χ0v) is 18.5. The van der Waals surface area contributed by atoms with Crippen molar-refractivity contribution in [3.05, 3.63) is 54.1 Å². The lowest BCUT2D eigenvalue weighted by Gasteiger charge is -2.17. The molecule has 2 N–H and O–H groups in total. The number of nitrogens with zero attached hydrogens (tertiary/aromatic N) is 5. The third-order valence-corrected chi connectivity index (χ3v) is 5.69. The van der Waals surface area contributed by atoms with Gasteiger partial charge in [0, 0.05) is 42.6 Å². The van der Waals surface area contributed by atoms with Gasteiger partial charge in [-0.2, -0.15) is 0 Å². The van der Waals surface area contributed by atoms with Crippen LogP contribution in [0.3, 0.4) is 0 Å². The number of amides is 1. The predicted octanol–water partition coefficient (Wildman–Crippen LogP) is 3.41. The van der Waals surface area contributed by atoms with E-state index in [2.05, 4.69) is 44.0 Å². The molecule has 2 aromatic heterocycles. The topological polar surface area (TPSA) is 88.0 Å². The highest BCUT2D eigenvalue weighted by molar-refractivity contribution is 5.94. The second kappa shape index (κ2) is 8.85. The molecular formula is C23H29N7O. The molecule has 3 heterocycles. The summed E-state index contributed by atoms with van der Waals surface area (Å²) in [6.07, 6.45) is 4.57. The number of aryl methyl sites for hydroxylation is 1. The molecule has 0 spiro atoms. The van der Waals surface area contributed by atoms with Gasteiger partial charge in [-0.3, -0.25) is 4.79 Å². The van der Waals surface area contributed by atoms with E-state index in [0.29, 0.717) is 17.6 Å². The fourth-order valence-corrected chi connectivity index (χ4v) is 4.04. The van der Waals surface area contributed by atoms with E-state index in [4.69, 9.17) is 0 Å². The van der Waals surface area contributed by atoms with Crippen molar-refractivity contribution in [1.29, 1.82) is 0 Å². The van der Waals surface area contributed by atoms with E-state index in [9.17, 15) is 4.79 Å². The molecule has 0 bridgehead atoms. The van der Waals surface area contributed by atoms with Crippen molar-refractivity contribution in [3.63, 3.8) is 0 Å². The first-order valence-corrected chi connectivity index (χ1v) is 10.7. The molecule has 1 saturated heterocycles. The summed E-state index contributed by atoms with van der Waals surface area (Å²) < 4.78 is 2.16. The van der Waals surface area contributed by atoms with Crippen molar-refractivity contribution < 1.29 is 4.79 Å². The quantitative estimate of drug-likeness (QED) is 0.637. The molecule has 8 nitrogen and oxygen atoms in total. The number of aromatic nitrogens is 4. The highest BCUT2D eigenvalue weighted by Crippen LogP contribution is 2.24. The molecule has 31 heavy (non-hydrogen) atoms. The van der Waals surface area contributed by atoms with Gasteiger partial charge < -0.3 is 20.1 Å². The van der Waals surface area contributed by atoms with Crippen LogP contribution in [0.4, 0.5) is 11.6 Å². The number of imidazole rings is 1. The number of benzene rings is 1. The van der Waals surface area contributed by atoms with Crippen LogP contribution in [-0.2, 0) is 0 Å². The van der Waals surface area contributed by atoms with Crippen LogP contribution in [0.25, 0.3) is 11.4 Å². The first kappa shape index (κ1) is 21.0. The van der Waals surface area contributed by atoms with Crippen molar-refractivity contribution in [2.75, 3.05) is 25.5 Å². The van der Waals surface area contributed by atoms with Gasteiger partial charge in [0.25, 0.3) is 5.91 Å². The molecule has 0 aliphatic carbocycles. The van der Waals surface area contributed by atoms with Crippen molar-refractivity contribution in [3.8, 4) is 11.4 Å². The van der Waals surface area contributed by atoms with Crippen molar-refractivity contribution in [2.24, 2.45) is 0 Å². The molecule has 1 atom stereocenters. The fraction of sp³-hybridized carbons (Fsp3) is 0.391. The Morgan fingerprint density at radius 2 is 1.94 bits per heavy atom. The largest absolute Gasteiger partial charge is 0.337 e. The number of likely N-dealkylation sites (N-methyl/N-ethyl adjacent to an activating group) is 1. The standard InChI is InChI=1S/C23H29N7O/c1-15(2)30-16(3)26-13-21(30)20-9-11-25-23(28-20)27-18-7-5-17(6-8-18)22(31)29-12-10-19(14-29)24-4/h5-9,11,13,15,19,24H,10,12,14H2,1-4H3,(H,25,27,28)/t19-/m0/s1. The van der Waals surface area contributed by atoms with E-state index in [0.717, 1.165) is 42.4 Å². The first-order chi connectivity index (χ1) is 15.0. The molecule has 1 amide bonds. The van der Waals surface area contributed by atoms with Gasteiger partial charge in [0.05, 0.1) is 17.6 Å². The summed E-state index contributed by atoms with van der Waals surface area (Å²) in [6.45, 7) is 7.79. The van der Waals surface area contributed by atoms with E-state index in [1.54, 1.807) is 6.20 Å². The number of nitrogens with one attached hydrogen (secondary N) is 2. The van der Waals surface area contributed by atoms with Crippen LogP contribution >= 0.6 is 0 Å². The molecule has 4 rings (SSSR count). The maximum atomic E-state index is 12.7. The molecule has 0 saturated carbocycles. The van der Waals surface area contributed by atoms with Gasteiger partial charge in [0.15, 0.2) is 0 Å². The minimum absolute atomic E-state index is 0.0693. The Labute approximate surface area is 182 Å². The lowest BCUT2D eigenvalue weighted by Crippen LogP contribution is -2.33. The molecule has 8 heteroatoms. The molecule has 0 radical (unpaired) electrons.